The monoisotopic (exact) mass is 401 g/mol. The molecule has 1 aliphatic heterocycles. The van der Waals surface area contributed by atoms with E-state index in [0.717, 1.165) is 11.2 Å². The lowest BCUT2D eigenvalue weighted by Gasteiger charge is -2.27. The third-order valence-corrected chi connectivity index (χ3v) is 4.80. The SMILES string of the molecule is Cc1cccc(-c2nc(Nc3ccncc3C(=O)NC3COC3)c3cccn3n2)n1. The Kier molecular flexibility index (Phi) is 4.56. The van der Waals surface area contributed by atoms with Crippen LogP contribution >= 0.6 is 0 Å². The molecular formula is C21H19N7O2. The number of carbonyl (C=O) groups is 1. The van der Waals surface area contributed by atoms with Crippen LogP contribution in [0.4, 0.5) is 11.5 Å². The van der Waals surface area contributed by atoms with E-state index in [1.807, 2.05) is 43.5 Å². The van der Waals surface area contributed by atoms with Gasteiger partial charge in [0.1, 0.15) is 11.2 Å². The van der Waals surface area contributed by atoms with E-state index in [4.69, 9.17) is 9.72 Å². The molecule has 30 heavy (non-hydrogen) atoms. The first-order valence-electron chi connectivity index (χ1n) is 9.56. The number of rotatable bonds is 5. The zero-order chi connectivity index (χ0) is 20.5. The maximum atomic E-state index is 12.7. The van der Waals surface area contributed by atoms with Gasteiger partial charge < -0.3 is 15.4 Å². The van der Waals surface area contributed by atoms with Gasteiger partial charge in [0, 0.05) is 24.3 Å². The molecule has 4 aromatic rings. The van der Waals surface area contributed by atoms with Gasteiger partial charge in [-0.3, -0.25) is 9.78 Å². The van der Waals surface area contributed by atoms with E-state index in [0.29, 0.717) is 41.8 Å². The topological polar surface area (TPSA) is 106 Å². The second kappa shape index (κ2) is 7.53. The fourth-order valence-electron chi connectivity index (χ4n) is 3.20. The van der Waals surface area contributed by atoms with Crippen LogP contribution in [0.2, 0.25) is 0 Å². The fraction of sp³-hybridized carbons (Fsp3) is 0.190. The molecule has 5 heterocycles. The van der Waals surface area contributed by atoms with Gasteiger partial charge in [0.25, 0.3) is 5.91 Å². The molecule has 1 fully saturated rings. The number of ether oxygens (including phenoxy) is 1. The highest BCUT2D eigenvalue weighted by molar-refractivity contribution is 6.00. The van der Waals surface area contributed by atoms with Gasteiger partial charge in [-0.1, -0.05) is 6.07 Å². The molecule has 0 bridgehead atoms. The third-order valence-electron chi connectivity index (χ3n) is 4.80. The minimum absolute atomic E-state index is 0.0286. The van der Waals surface area contributed by atoms with E-state index in [2.05, 4.69) is 25.7 Å². The van der Waals surface area contributed by atoms with Crippen LogP contribution in [0.1, 0.15) is 16.1 Å². The summed E-state index contributed by atoms with van der Waals surface area (Å²) in [7, 11) is 0. The third kappa shape index (κ3) is 3.46. The second-order valence-electron chi connectivity index (χ2n) is 7.04. The summed E-state index contributed by atoms with van der Waals surface area (Å²) in [5, 5.41) is 10.8. The number of hydrogen-bond donors (Lipinski definition) is 2. The summed E-state index contributed by atoms with van der Waals surface area (Å²) < 4.78 is 6.87. The molecule has 0 saturated carbocycles. The predicted octanol–water partition coefficient (Wildman–Crippen LogP) is 2.37. The van der Waals surface area contributed by atoms with Crippen LogP contribution in [-0.2, 0) is 4.74 Å². The maximum Gasteiger partial charge on any atom is 0.255 e. The minimum atomic E-state index is -0.208. The molecule has 0 radical (unpaired) electrons. The van der Waals surface area contributed by atoms with Crippen molar-refractivity contribution in [2.24, 2.45) is 0 Å². The lowest BCUT2D eigenvalue weighted by atomic mass is 10.2. The Morgan fingerprint density at radius 1 is 1.17 bits per heavy atom. The van der Waals surface area contributed by atoms with Crippen LogP contribution in [0.25, 0.3) is 17.0 Å². The number of fused-ring (bicyclic) bond motifs is 1. The highest BCUT2D eigenvalue weighted by Crippen LogP contribution is 2.25. The van der Waals surface area contributed by atoms with Crippen LogP contribution in [0.15, 0.2) is 55.0 Å². The number of carbonyl (C=O) groups excluding carboxylic acids is 1. The molecule has 0 aliphatic carbocycles. The van der Waals surface area contributed by atoms with Gasteiger partial charge in [-0.05, 0) is 37.3 Å². The maximum absolute atomic E-state index is 12.7. The molecule has 4 aromatic heterocycles. The second-order valence-corrected chi connectivity index (χ2v) is 7.04. The summed E-state index contributed by atoms with van der Waals surface area (Å²) in [6.45, 7) is 2.97. The Morgan fingerprint density at radius 3 is 2.87 bits per heavy atom. The van der Waals surface area contributed by atoms with Crippen LogP contribution < -0.4 is 10.6 Å². The van der Waals surface area contributed by atoms with Crippen molar-refractivity contribution in [3.8, 4) is 11.5 Å². The Hall–Kier alpha value is -3.85. The van der Waals surface area contributed by atoms with Crippen molar-refractivity contribution in [2.45, 2.75) is 13.0 Å². The van der Waals surface area contributed by atoms with Crippen molar-refractivity contribution < 1.29 is 9.53 Å². The highest BCUT2D eigenvalue weighted by Gasteiger charge is 2.23. The molecule has 0 spiro atoms. The van der Waals surface area contributed by atoms with Crippen molar-refractivity contribution in [2.75, 3.05) is 18.5 Å². The summed E-state index contributed by atoms with van der Waals surface area (Å²) in [5.41, 5.74) is 3.37. The Balaban J connectivity index is 1.53. The molecule has 1 saturated heterocycles. The molecule has 9 heteroatoms. The normalized spacial score (nSPS) is 13.8. The fourth-order valence-corrected chi connectivity index (χ4v) is 3.20. The van der Waals surface area contributed by atoms with Crippen LogP contribution in [0.3, 0.4) is 0 Å². The highest BCUT2D eigenvalue weighted by atomic mass is 16.5. The Bertz CT molecular complexity index is 1230. The van der Waals surface area contributed by atoms with E-state index in [1.54, 1.807) is 16.8 Å². The van der Waals surface area contributed by atoms with Crippen LogP contribution in [-0.4, -0.2) is 49.7 Å². The number of nitrogens with one attached hydrogen (secondary N) is 2. The first kappa shape index (κ1) is 18.2. The van der Waals surface area contributed by atoms with E-state index in [9.17, 15) is 4.79 Å². The quantitative estimate of drug-likeness (QED) is 0.529. The molecule has 5 rings (SSSR count). The zero-order valence-corrected chi connectivity index (χ0v) is 16.2. The summed E-state index contributed by atoms with van der Waals surface area (Å²) in [5.74, 6) is 0.844. The van der Waals surface area contributed by atoms with Gasteiger partial charge in [-0.2, -0.15) is 0 Å². The number of aryl methyl sites for hydroxylation is 1. The van der Waals surface area contributed by atoms with Crippen molar-refractivity contribution in [3.05, 3.63) is 66.2 Å². The molecule has 2 N–H and O–H groups in total. The van der Waals surface area contributed by atoms with Gasteiger partial charge >= 0.3 is 0 Å². The van der Waals surface area contributed by atoms with Gasteiger partial charge in [-0.25, -0.2) is 14.5 Å². The molecule has 150 valence electrons. The lowest BCUT2D eigenvalue weighted by Crippen LogP contribution is -2.48. The van der Waals surface area contributed by atoms with Crippen molar-refractivity contribution in [3.63, 3.8) is 0 Å². The lowest BCUT2D eigenvalue weighted by molar-refractivity contribution is -0.00345. The summed E-state index contributed by atoms with van der Waals surface area (Å²) in [6, 6.07) is 11.3. The molecule has 9 nitrogen and oxygen atoms in total. The summed E-state index contributed by atoms with van der Waals surface area (Å²) in [6.07, 6.45) is 5.01. The predicted molar refractivity (Wildman–Crippen MR) is 111 cm³/mol. The summed E-state index contributed by atoms with van der Waals surface area (Å²) in [4.78, 5) is 26.0. The molecule has 0 atom stereocenters. The summed E-state index contributed by atoms with van der Waals surface area (Å²) >= 11 is 0. The first-order chi connectivity index (χ1) is 14.7. The van der Waals surface area contributed by atoms with Crippen molar-refractivity contribution in [1.29, 1.82) is 0 Å². The average Bonchev–Trinajstić information content (AvgIpc) is 3.20. The molecule has 1 amide bonds. The average molecular weight is 401 g/mol. The van der Waals surface area contributed by atoms with Gasteiger partial charge in [-0.15, -0.1) is 5.10 Å². The van der Waals surface area contributed by atoms with Gasteiger partial charge in [0.05, 0.1) is 30.5 Å². The number of aromatic nitrogens is 5. The van der Waals surface area contributed by atoms with E-state index in [1.165, 1.54) is 6.20 Å². The molecule has 1 aliphatic rings. The molecule has 0 aromatic carbocycles. The Morgan fingerprint density at radius 2 is 2.07 bits per heavy atom. The van der Waals surface area contributed by atoms with Crippen molar-refractivity contribution in [1.82, 2.24) is 29.9 Å². The number of hydrogen-bond acceptors (Lipinski definition) is 7. The molecule has 0 unspecified atom stereocenters. The van der Waals surface area contributed by atoms with E-state index < -0.39 is 0 Å². The minimum Gasteiger partial charge on any atom is -0.377 e. The number of pyridine rings is 2. The smallest absolute Gasteiger partial charge is 0.255 e. The largest absolute Gasteiger partial charge is 0.377 e. The first-order valence-corrected chi connectivity index (χ1v) is 9.56. The number of nitrogens with zero attached hydrogens (tertiary/aromatic N) is 5. The van der Waals surface area contributed by atoms with Crippen LogP contribution in [0, 0.1) is 6.92 Å². The number of amides is 1. The standard InChI is InChI=1S/C21H19N7O2/c1-13-4-2-5-17(23-13)19-26-20(18-6-3-9-28(18)27-19)25-16-7-8-22-10-15(16)21(29)24-14-11-30-12-14/h2-10,14H,11-12H2,1H3,(H,24,29)(H,22,25,26,27). The zero-order valence-electron chi connectivity index (χ0n) is 16.2. The molecular weight excluding hydrogens is 382 g/mol. The Labute approximate surface area is 172 Å². The van der Waals surface area contributed by atoms with Crippen LogP contribution in [0.5, 0.6) is 0 Å². The van der Waals surface area contributed by atoms with Crippen molar-refractivity contribution >= 4 is 22.9 Å². The van der Waals surface area contributed by atoms with Gasteiger partial charge in [0.2, 0.25) is 5.82 Å². The van der Waals surface area contributed by atoms with Gasteiger partial charge in [0.15, 0.2) is 5.82 Å². The van der Waals surface area contributed by atoms with E-state index >= 15 is 0 Å². The van der Waals surface area contributed by atoms with E-state index in [-0.39, 0.29) is 11.9 Å². The number of anilines is 2.